The number of amides is 4. The van der Waals surface area contributed by atoms with Gasteiger partial charge in [-0.1, -0.05) is 36.4 Å². The fraction of sp³-hybridized carbons (Fsp3) is 0. The zero-order valence-electron chi connectivity index (χ0n) is 32.6. The van der Waals surface area contributed by atoms with E-state index in [4.69, 9.17) is 0 Å². The maximum Gasteiger partial charge on any atom is 0.295 e. The van der Waals surface area contributed by atoms with E-state index < -0.39 is 94.8 Å². The highest BCUT2D eigenvalue weighted by atomic mass is 32.2. The number of benzene rings is 9. The number of fused-ring (bicyclic) bond motifs is 4. The molecule has 9 aromatic carbocycles. The Morgan fingerprint density at radius 3 is 1.00 bits per heavy atom. The number of hydrogen-bond donors (Lipinski definition) is 4. The zero-order valence-corrected chi connectivity index (χ0v) is 35.9. The standard InChI is InChI=1S/C44H22N2O16S4/c47-41-29-11-9-27-38-34(66(60,61)62)18-32-36-30(42(48)46(44(32)50)24-6-2-22-16-26(64(54,55)56)8-4-20(22)14-24)12-10-28(40(36)38)37-33(65(57,58)59)17-31(35(29)39(27)37)43(49)45(41)23-5-1-21-15-25(63(51,52)53)7-3-19(21)13-23/h1-18H,(H,51,52,53)(H,54,55,56)(H,57,58,59)(H,60,61,62). The molecule has 0 fully saturated rings. The minimum atomic E-state index is -5.33. The van der Waals surface area contributed by atoms with Gasteiger partial charge in [0.1, 0.15) is 9.79 Å². The van der Waals surface area contributed by atoms with Crippen LogP contribution in [0.1, 0.15) is 41.4 Å². The first-order valence-corrected chi connectivity index (χ1v) is 24.7. The van der Waals surface area contributed by atoms with E-state index in [1.165, 1.54) is 84.9 Å². The number of rotatable bonds is 6. The third kappa shape index (κ3) is 5.77. The Kier molecular flexibility index (Phi) is 8.27. The van der Waals surface area contributed by atoms with E-state index >= 15 is 0 Å². The highest BCUT2D eigenvalue weighted by molar-refractivity contribution is 7.86. The van der Waals surface area contributed by atoms with Crippen molar-refractivity contribution in [2.24, 2.45) is 0 Å². The largest absolute Gasteiger partial charge is 0.295 e. The average Bonchev–Trinajstić information content (AvgIpc) is 3.24. The van der Waals surface area contributed by atoms with Crippen LogP contribution in [0.4, 0.5) is 11.4 Å². The van der Waals surface area contributed by atoms with Gasteiger partial charge < -0.3 is 0 Å². The first kappa shape index (κ1) is 41.4. The Bertz CT molecular complexity index is 4100. The summed E-state index contributed by atoms with van der Waals surface area (Å²) in [5.41, 5.74) is -1.29. The lowest BCUT2D eigenvalue weighted by molar-refractivity contribution is 0.0877. The minimum absolute atomic E-state index is 0.0406. The van der Waals surface area contributed by atoms with Gasteiger partial charge in [0.15, 0.2) is 0 Å². The summed E-state index contributed by atoms with van der Waals surface area (Å²) in [6, 6.07) is 22.0. The molecule has 0 unspecified atom stereocenters. The quantitative estimate of drug-likeness (QED) is 0.0588. The number of anilines is 2. The number of nitrogens with zero attached hydrogens (tertiary/aromatic N) is 2. The Morgan fingerprint density at radius 2 is 0.652 bits per heavy atom. The van der Waals surface area contributed by atoms with Crippen LogP contribution in [0.25, 0.3) is 64.6 Å². The van der Waals surface area contributed by atoms with Crippen molar-refractivity contribution in [1.29, 1.82) is 0 Å². The summed E-state index contributed by atoms with van der Waals surface area (Å²) < 4.78 is 142. The molecule has 2 aliphatic heterocycles. The molecule has 2 heterocycles. The molecule has 0 spiro atoms. The smallest absolute Gasteiger partial charge is 0.282 e. The van der Waals surface area contributed by atoms with E-state index in [9.17, 15) is 71.1 Å². The summed E-state index contributed by atoms with van der Waals surface area (Å²) in [5, 5.41) is -0.383. The normalized spacial score (nSPS) is 14.9. The number of imide groups is 2. The second-order valence-electron chi connectivity index (χ2n) is 15.6. The Hall–Kier alpha value is -7.28. The molecule has 22 heteroatoms. The fourth-order valence-corrected chi connectivity index (χ4v) is 11.8. The third-order valence-electron chi connectivity index (χ3n) is 12.0. The van der Waals surface area contributed by atoms with E-state index in [2.05, 4.69) is 0 Å². The lowest BCUT2D eigenvalue weighted by Crippen LogP contribution is -2.41. The van der Waals surface area contributed by atoms with Gasteiger partial charge in [0.25, 0.3) is 64.1 Å². The van der Waals surface area contributed by atoms with Crippen molar-refractivity contribution < 1.29 is 71.1 Å². The van der Waals surface area contributed by atoms with Gasteiger partial charge >= 0.3 is 0 Å². The van der Waals surface area contributed by atoms with Gasteiger partial charge in [-0.05, 0) is 105 Å². The van der Waals surface area contributed by atoms with Crippen molar-refractivity contribution in [3.8, 4) is 0 Å². The van der Waals surface area contributed by atoms with E-state index in [1.54, 1.807) is 0 Å². The summed E-state index contributed by atoms with van der Waals surface area (Å²) in [4.78, 5) is 56.9. The molecule has 0 saturated heterocycles. The van der Waals surface area contributed by atoms with Crippen LogP contribution in [0.2, 0.25) is 0 Å². The lowest BCUT2D eigenvalue weighted by atomic mass is 9.82. The van der Waals surface area contributed by atoms with Crippen molar-refractivity contribution in [2.45, 2.75) is 19.6 Å². The zero-order chi connectivity index (χ0) is 46.9. The molecule has 66 heavy (non-hydrogen) atoms. The van der Waals surface area contributed by atoms with Crippen LogP contribution in [-0.2, 0) is 40.5 Å². The molecule has 4 N–H and O–H groups in total. The molecule has 0 aromatic heterocycles. The summed E-state index contributed by atoms with van der Waals surface area (Å²) in [6.07, 6.45) is 0. The molecule has 0 saturated carbocycles. The molecular weight excluding hydrogens is 941 g/mol. The van der Waals surface area contributed by atoms with E-state index in [0.29, 0.717) is 21.5 Å². The highest BCUT2D eigenvalue weighted by Gasteiger charge is 2.41. The summed E-state index contributed by atoms with van der Waals surface area (Å²) >= 11 is 0. The second kappa shape index (κ2) is 13.2. The highest BCUT2D eigenvalue weighted by Crippen LogP contribution is 2.51. The molecule has 0 bridgehead atoms. The van der Waals surface area contributed by atoms with Crippen LogP contribution < -0.4 is 9.80 Å². The predicted octanol–water partition coefficient (Wildman–Crippen LogP) is 6.63. The van der Waals surface area contributed by atoms with Crippen molar-refractivity contribution >= 4 is 140 Å². The molecule has 9 aromatic rings. The van der Waals surface area contributed by atoms with Crippen LogP contribution in [-0.4, -0.2) is 75.5 Å². The summed E-state index contributed by atoms with van der Waals surface area (Å²) in [6.45, 7) is 0. The number of hydrogen-bond acceptors (Lipinski definition) is 12. The van der Waals surface area contributed by atoms with Gasteiger partial charge in [0.2, 0.25) is 0 Å². The van der Waals surface area contributed by atoms with Gasteiger partial charge in [-0.25, -0.2) is 9.80 Å². The lowest BCUT2D eigenvalue weighted by Gasteiger charge is -2.31. The van der Waals surface area contributed by atoms with Crippen LogP contribution in [0, 0.1) is 0 Å². The molecule has 328 valence electrons. The second-order valence-corrected chi connectivity index (χ2v) is 21.2. The maximum absolute atomic E-state index is 14.6. The van der Waals surface area contributed by atoms with E-state index in [1.807, 2.05) is 0 Å². The van der Waals surface area contributed by atoms with Crippen molar-refractivity contribution in [2.75, 3.05) is 9.80 Å². The predicted molar refractivity (Wildman–Crippen MR) is 237 cm³/mol. The maximum atomic E-state index is 14.6. The Morgan fingerprint density at radius 1 is 0.318 bits per heavy atom. The first-order chi connectivity index (χ1) is 30.9. The molecule has 2 aliphatic rings. The molecule has 11 rings (SSSR count). The molecule has 0 radical (unpaired) electrons. The average molecular weight is 963 g/mol. The molecular formula is C44H22N2O16S4. The molecule has 0 aliphatic carbocycles. The fourth-order valence-electron chi connectivity index (χ4n) is 9.29. The summed E-state index contributed by atoms with van der Waals surface area (Å²) in [7, 11) is -19.8. The Labute approximate surface area is 370 Å². The van der Waals surface area contributed by atoms with Gasteiger partial charge in [-0.2, -0.15) is 33.7 Å². The van der Waals surface area contributed by atoms with Crippen molar-refractivity contribution in [3.63, 3.8) is 0 Å². The molecule has 18 nitrogen and oxygen atoms in total. The van der Waals surface area contributed by atoms with Gasteiger partial charge in [0, 0.05) is 43.4 Å². The van der Waals surface area contributed by atoms with Crippen LogP contribution >= 0.6 is 0 Å². The van der Waals surface area contributed by atoms with Crippen LogP contribution in [0.3, 0.4) is 0 Å². The third-order valence-corrected chi connectivity index (χ3v) is 15.5. The van der Waals surface area contributed by atoms with Crippen LogP contribution in [0.5, 0.6) is 0 Å². The minimum Gasteiger partial charge on any atom is -0.282 e. The van der Waals surface area contributed by atoms with Gasteiger partial charge in [-0.15, -0.1) is 0 Å². The SMILES string of the molecule is O=C1c2ccc3c4c(S(=O)(=O)O)cc5c6c(ccc(c7c(S(=O)(=O)O)cc(c2c37)C(=O)N1c1ccc2cc(S(=O)(=O)O)ccc2c1)c64)C(=O)N(c1ccc2cc(S(=O)(=O)O)ccc2c1)C5=O. The van der Waals surface area contributed by atoms with Crippen molar-refractivity contribution in [1.82, 2.24) is 0 Å². The van der Waals surface area contributed by atoms with Crippen LogP contribution in [0.15, 0.2) is 129 Å². The molecule has 4 amide bonds. The van der Waals surface area contributed by atoms with Crippen molar-refractivity contribution in [3.05, 3.63) is 131 Å². The first-order valence-electron chi connectivity index (χ1n) is 19.0. The number of carbonyl (C=O) groups excluding carboxylic acids is 4. The molecule has 0 atom stereocenters. The van der Waals surface area contributed by atoms with E-state index in [0.717, 1.165) is 34.1 Å². The van der Waals surface area contributed by atoms with Gasteiger partial charge in [0.05, 0.1) is 32.3 Å². The summed E-state index contributed by atoms with van der Waals surface area (Å²) in [5.74, 6) is -4.00. The number of carbonyl (C=O) groups is 4. The monoisotopic (exact) mass is 962 g/mol. The van der Waals surface area contributed by atoms with E-state index in [-0.39, 0.29) is 65.6 Å². The Balaban J connectivity index is 1.17. The topological polar surface area (TPSA) is 292 Å². The van der Waals surface area contributed by atoms with Gasteiger partial charge in [-0.3, -0.25) is 37.4 Å².